The van der Waals surface area contributed by atoms with Crippen LogP contribution in [0.4, 0.5) is 11.4 Å². The van der Waals surface area contributed by atoms with Gasteiger partial charge >= 0.3 is 0 Å². The molecule has 178 valence electrons. The molecule has 2 amide bonds. The fourth-order valence-electron chi connectivity index (χ4n) is 3.92. The van der Waals surface area contributed by atoms with Gasteiger partial charge in [-0.15, -0.1) is 0 Å². The lowest BCUT2D eigenvalue weighted by Gasteiger charge is -2.20. The number of ether oxygens (including phenoxy) is 1. The summed E-state index contributed by atoms with van der Waals surface area (Å²) in [4.78, 5) is 27.3. The number of nitrogens with zero attached hydrogens (tertiary/aromatic N) is 2. The van der Waals surface area contributed by atoms with E-state index in [9.17, 15) is 18.0 Å². The molecule has 0 aromatic heterocycles. The van der Waals surface area contributed by atoms with Crippen LogP contribution in [0.1, 0.15) is 31.4 Å². The van der Waals surface area contributed by atoms with E-state index in [0.29, 0.717) is 18.8 Å². The highest BCUT2D eigenvalue weighted by atomic mass is 32.2. The van der Waals surface area contributed by atoms with Crippen molar-refractivity contribution in [1.82, 2.24) is 4.31 Å². The van der Waals surface area contributed by atoms with Gasteiger partial charge in [-0.05, 0) is 55.3 Å². The first kappa shape index (κ1) is 24.7. The van der Waals surface area contributed by atoms with Crippen LogP contribution >= 0.6 is 0 Å². The lowest BCUT2D eigenvalue weighted by molar-refractivity contribution is -0.122. The van der Waals surface area contributed by atoms with Crippen LogP contribution < -0.4 is 15.0 Å². The molecular weight excluding hydrogens is 442 g/mol. The zero-order valence-electron chi connectivity index (χ0n) is 19.7. The third-order valence-electron chi connectivity index (χ3n) is 6.07. The van der Waals surface area contributed by atoms with Gasteiger partial charge in [0.1, 0.15) is 5.75 Å². The van der Waals surface area contributed by atoms with Gasteiger partial charge in [0.15, 0.2) is 0 Å². The zero-order valence-corrected chi connectivity index (χ0v) is 20.5. The summed E-state index contributed by atoms with van der Waals surface area (Å²) in [6.07, 6.45) is 0.0819. The molecule has 2 aromatic rings. The maximum absolute atomic E-state index is 13.0. The quantitative estimate of drug-likeness (QED) is 0.634. The van der Waals surface area contributed by atoms with Gasteiger partial charge in [-0.2, -0.15) is 4.31 Å². The minimum atomic E-state index is -3.70. The summed E-state index contributed by atoms with van der Waals surface area (Å²) in [5.74, 6) is -0.697. The smallest absolute Gasteiger partial charge is 0.243 e. The number of sulfonamides is 1. The van der Waals surface area contributed by atoms with Gasteiger partial charge in [0, 0.05) is 31.7 Å². The van der Waals surface area contributed by atoms with Gasteiger partial charge in [0.25, 0.3) is 0 Å². The molecule has 1 unspecified atom stereocenters. The molecule has 1 atom stereocenters. The molecule has 1 aliphatic heterocycles. The first-order valence-electron chi connectivity index (χ1n) is 11.0. The SMILES string of the molecule is CCN(CC)S(=O)(=O)c1ccc(OC)c(NC(=O)C2CC(=O)N(c3ccc(C)c(C)c3)C2)c1. The number of carbonyl (C=O) groups is 2. The van der Waals surface area contributed by atoms with Crippen LogP contribution in [0.5, 0.6) is 5.75 Å². The number of aryl methyl sites for hydroxylation is 2. The van der Waals surface area contributed by atoms with E-state index < -0.39 is 15.9 Å². The average molecular weight is 474 g/mol. The molecular formula is C24H31N3O5S. The van der Waals surface area contributed by atoms with Crippen LogP contribution in [0.3, 0.4) is 0 Å². The van der Waals surface area contributed by atoms with E-state index in [1.165, 1.54) is 29.6 Å². The highest BCUT2D eigenvalue weighted by molar-refractivity contribution is 7.89. The first-order valence-corrected chi connectivity index (χ1v) is 12.4. The van der Waals surface area contributed by atoms with Gasteiger partial charge in [-0.25, -0.2) is 8.42 Å². The van der Waals surface area contributed by atoms with Crippen molar-refractivity contribution in [3.63, 3.8) is 0 Å². The Morgan fingerprint density at radius 2 is 1.82 bits per heavy atom. The summed E-state index contributed by atoms with van der Waals surface area (Å²) < 4.78 is 32.5. The van der Waals surface area contributed by atoms with Crippen LogP contribution in [0.2, 0.25) is 0 Å². The van der Waals surface area contributed by atoms with Gasteiger partial charge in [0.05, 0.1) is 23.6 Å². The molecule has 0 bridgehead atoms. The Hall–Kier alpha value is -2.91. The van der Waals surface area contributed by atoms with Crippen molar-refractivity contribution in [1.29, 1.82) is 0 Å². The second kappa shape index (κ2) is 9.93. The number of nitrogens with one attached hydrogen (secondary N) is 1. The van der Waals surface area contributed by atoms with E-state index >= 15 is 0 Å². The normalized spacial score (nSPS) is 16.4. The molecule has 0 radical (unpaired) electrons. The van der Waals surface area contributed by atoms with Crippen molar-refractivity contribution in [2.75, 3.05) is 37.0 Å². The Kier molecular flexibility index (Phi) is 7.44. The molecule has 33 heavy (non-hydrogen) atoms. The highest BCUT2D eigenvalue weighted by Gasteiger charge is 2.35. The second-order valence-electron chi connectivity index (χ2n) is 8.11. The molecule has 2 aromatic carbocycles. The minimum absolute atomic E-state index is 0.0709. The van der Waals surface area contributed by atoms with Crippen LogP contribution in [-0.2, 0) is 19.6 Å². The number of carbonyl (C=O) groups excluding carboxylic acids is 2. The van der Waals surface area contributed by atoms with E-state index in [1.807, 2.05) is 32.0 Å². The number of hydrogen-bond acceptors (Lipinski definition) is 5. The van der Waals surface area contributed by atoms with E-state index in [-0.39, 0.29) is 35.4 Å². The summed E-state index contributed by atoms with van der Waals surface area (Å²) in [6, 6.07) is 10.2. The summed E-state index contributed by atoms with van der Waals surface area (Å²) in [5, 5.41) is 2.78. The molecule has 1 saturated heterocycles. The van der Waals surface area contributed by atoms with Crippen molar-refractivity contribution in [3.05, 3.63) is 47.5 Å². The number of anilines is 2. The van der Waals surface area contributed by atoms with Crippen molar-refractivity contribution in [2.45, 2.75) is 39.0 Å². The molecule has 1 N–H and O–H groups in total. The summed E-state index contributed by atoms with van der Waals surface area (Å²) in [7, 11) is -2.25. The van der Waals surface area contributed by atoms with Crippen LogP contribution in [0, 0.1) is 19.8 Å². The standard InChI is InChI=1S/C24H31N3O5S/c1-6-26(7-2)33(30,31)20-10-11-22(32-5)21(14-20)25-24(29)18-13-23(28)27(15-18)19-9-8-16(3)17(4)12-19/h8-12,14,18H,6-7,13,15H2,1-5H3,(H,25,29). The number of rotatable bonds is 8. The van der Waals surface area contributed by atoms with E-state index in [0.717, 1.165) is 16.8 Å². The molecule has 0 aliphatic carbocycles. The van der Waals surface area contributed by atoms with E-state index in [4.69, 9.17) is 4.74 Å². The third kappa shape index (κ3) is 5.04. The minimum Gasteiger partial charge on any atom is -0.495 e. The third-order valence-corrected chi connectivity index (χ3v) is 8.12. The Balaban J connectivity index is 1.82. The van der Waals surface area contributed by atoms with Gasteiger partial charge in [-0.1, -0.05) is 19.9 Å². The molecule has 8 nitrogen and oxygen atoms in total. The summed E-state index contributed by atoms with van der Waals surface area (Å²) in [6.45, 7) is 8.46. The number of hydrogen-bond donors (Lipinski definition) is 1. The van der Waals surface area contributed by atoms with Crippen LogP contribution in [0.15, 0.2) is 41.3 Å². The maximum atomic E-state index is 13.0. The Labute approximate surface area is 195 Å². The highest BCUT2D eigenvalue weighted by Crippen LogP contribution is 2.31. The first-order chi connectivity index (χ1) is 15.6. The fraction of sp³-hybridized carbons (Fsp3) is 0.417. The molecule has 3 rings (SSSR count). The molecule has 0 saturated carbocycles. The Morgan fingerprint density at radius 3 is 2.42 bits per heavy atom. The fourth-order valence-corrected chi connectivity index (χ4v) is 5.40. The summed E-state index contributed by atoms with van der Waals surface area (Å²) >= 11 is 0. The number of amides is 2. The Morgan fingerprint density at radius 1 is 1.12 bits per heavy atom. The lowest BCUT2D eigenvalue weighted by Crippen LogP contribution is -2.31. The van der Waals surface area contributed by atoms with Gasteiger partial charge < -0.3 is 15.0 Å². The molecule has 1 heterocycles. The zero-order chi connectivity index (χ0) is 24.3. The number of benzene rings is 2. The average Bonchev–Trinajstić information content (AvgIpc) is 3.18. The van der Waals surface area contributed by atoms with Crippen molar-refractivity contribution >= 4 is 33.2 Å². The lowest BCUT2D eigenvalue weighted by atomic mass is 10.1. The van der Waals surface area contributed by atoms with Crippen LogP contribution in [0.25, 0.3) is 0 Å². The van der Waals surface area contributed by atoms with E-state index in [1.54, 1.807) is 18.7 Å². The molecule has 1 aliphatic rings. The predicted molar refractivity (Wildman–Crippen MR) is 128 cm³/mol. The molecule has 0 spiro atoms. The number of methoxy groups -OCH3 is 1. The van der Waals surface area contributed by atoms with Gasteiger partial charge in [-0.3, -0.25) is 9.59 Å². The second-order valence-corrected chi connectivity index (χ2v) is 10.1. The van der Waals surface area contributed by atoms with Crippen molar-refractivity contribution in [3.8, 4) is 5.75 Å². The van der Waals surface area contributed by atoms with Crippen LogP contribution in [-0.4, -0.2) is 51.3 Å². The summed E-state index contributed by atoms with van der Waals surface area (Å²) in [5.41, 5.74) is 3.23. The van der Waals surface area contributed by atoms with Gasteiger partial charge in [0.2, 0.25) is 21.8 Å². The molecule has 1 fully saturated rings. The largest absolute Gasteiger partial charge is 0.495 e. The van der Waals surface area contributed by atoms with Crippen molar-refractivity contribution < 1.29 is 22.7 Å². The van der Waals surface area contributed by atoms with E-state index in [2.05, 4.69) is 5.32 Å². The topological polar surface area (TPSA) is 96.0 Å². The van der Waals surface area contributed by atoms with Crippen molar-refractivity contribution in [2.24, 2.45) is 5.92 Å². The molecule has 9 heteroatoms. The predicted octanol–water partition coefficient (Wildman–Crippen LogP) is 3.33. The Bertz CT molecular complexity index is 1160. The maximum Gasteiger partial charge on any atom is 0.243 e. The monoisotopic (exact) mass is 473 g/mol.